The van der Waals surface area contributed by atoms with Gasteiger partial charge in [0.2, 0.25) is 0 Å². The molecule has 112 valence electrons. The first-order chi connectivity index (χ1) is 10.8. The van der Waals surface area contributed by atoms with E-state index in [0.29, 0.717) is 6.54 Å². The van der Waals surface area contributed by atoms with Crippen LogP contribution in [-0.4, -0.2) is 11.5 Å². The second kappa shape index (κ2) is 8.11. The topological polar surface area (TPSA) is 38.9 Å². The summed E-state index contributed by atoms with van der Waals surface area (Å²) in [5.74, 6) is 0.213. The van der Waals surface area contributed by atoms with Crippen LogP contribution in [0, 0.1) is 5.92 Å². The van der Waals surface area contributed by atoms with Crippen LogP contribution in [0.1, 0.15) is 5.69 Å². The lowest BCUT2D eigenvalue weighted by molar-refractivity contribution is 0.624. The maximum atomic E-state index is 5.90. The monoisotopic (exact) mass is 290 g/mol. The third kappa shape index (κ3) is 4.03. The molecule has 2 N–H and O–H groups in total. The summed E-state index contributed by atoms with van der Waals surface area (Å²) in [6, 6.07) is 14.4. The Labute approximate surface area is 132 Å². The molecule has 22 heavy (non-hydrogen) atoms. The van der Waals surface area contributed by atoms with Gasteiger partial charge in [-0.1, -0.05) is 67.8 Å². The Hall–Kier alpha value is -2.45. The van der Waals surface area contributed by atoms with Crippen molar-refractivity contribution in [3.63, 3.8) is 0 Å². The van der Waals surface area contributed by atoms with Gasteiger partial charge in [0.15, 0.2) is 0 Å². The summed E-state index contributed by atoms with van der Waals surface area (Å²) in [7, 11) is 0. The van der Waals surface area contributed by atoms with E-state index in [1.165, 1.54) is 5.56 Å². The van der Waals surface area contributed by atoms with Gasteiger partial charge in [-0.2, -0.15) is 0 Å². The third-order valence-electron chi connectivity index (χ3n) is 3.69. The normalized spacial score (nSPS) is 12.7. The molecule has 2 heteroatoms. The van der Waals surface area contributed by atoms with Crippen molar-refractivity contribution in [1.82, 2.24) is 4.98 Å². The van der Waals surface area contributed by atoms with Gasteiger partial charge < -0.3 is 5.73 Å². The second-order valence-corrected chi connectivity index (χ2v) is 5.15. The Morgan fingerprint density at radius 3 is 2.41 bits per heavy atom. The van der Waals surface area contributed by atoms with E-state index < -0.39 is 0 Å². The number of pyridine rings is 1. The zero-order chi connectivity index (χ0) is 15.8. The fourth-order valence-corrected chi connectivity index (χ4v) is 2.44. The highest BCUT2D eigenvalue weighted by Crippen LogP contribution is 2.20. The molecule has 1 atom stereocenters. The molecular formula is C20H22N2. The standard InChI is InChI=1S/C20H22N2/c1-3-8-16(4-2)19(14-21)13-20-12-11-18(15-22-20)17-9-6-5-7-10-17/h3-12,15,19H,1-2,13-14,21H2/b16-8+. The Balaban J connectivity index is 2.15. The SMILES string of the molecule is C=C/C=C(\C=C)C(CN)Cc1ccc(-c2ccccc2)cn1. The molecule has 0 saturated carbocycles. The maximum Gasteiger partial charge on any atom is 0.0410 e. The average molecular weight is 290 g/mol. The number of rotatable bonds is 7. The second-order valence-electron chi connectivity index (χ2n) is 5.15. The minimum absolute atomic E-state index is 0.213. The zero-order valence-corrected chi connectivity index (χ0v) is 12.8. The van der Waals surface area contributed by atoms with Crippen LogP contribution in [0.25, 0.3) is 11.1 Å². The largest absolute Gasteiger partial charge is 0.330 e. The van der Waals surface area contributed by atoms with Crippen molar-refractivity contribution in [2.75, 3.05) is 6.54 Å². The molecule has 2 aromatic rings. The van der Waals surface area contributed by atoms with Gasteiger partial charge in [0.05, 0.1) is 0 Å². The highest BCUT2D eigenvalue weighted by atomic mass is 14.7. The summed E-state index contributed by atoms with van der Waals surface area (Å²) in [4.78, 5) is 4.58. The summed E-state index contributed by atoms with van der Waals surface area (Å²) >= 11 is 0. The van der Waals surface area contributed by atoms with E-state index in [2.05, 4.69) is 42.4 Å². The van der Waals surface area contributed by atoms with Crippen molar-refractivity contribution in [1.29, 1.82) is 0 Å². The molecule has 0 aliphatic rings. The fraction of sp³-hybridized carbons (Fsp3) is 0.150. The predicted octanol–water partition coefficient (Wildman–Crippen LogP) is 4.16. The predicted molar refractivity (Wildman–Crippen MR) is 94.4 cm³/mol. The number of nitrogens with two attached hydrogens (primary N) is 1. The van der Waals surface area contributed by atoms with Crippen molar-refractivity contribution in [3.05, 3.63) is 91.3 Å². The molecule has 0 bridgehead atoms. The number of aromatic nitrogens is 1. The highest BCUT2D eigenvalue weighted by Gasteiger charge is 2.11. The molecule has 0 radical (unpaired) electrons. The van der Waals surface area contributed by atoms with Crippen LogP contribution in [0.4, 0.5) is 0 Å². The van der Waals surface area contributed by atoms with Crippen LogP contribution in [0.2, 0.25) is 0 Å². The molecule has 0 aliphatic heterocycles. The molecule has 1 heterocycles. The van der Waals surface area contributed by atoms with E-state index in [-0.39, 0.29) is 5.92 Å². The van der Waals surface area contributed by atoms with Crippen LogP contribution in [0.15, 0.2) is 85.6 Å². The molecule has 0 saturated heterocycles. The molecule has 1 aromatic carbocycles. The Morgan fingerprint density at radius 1 is 1.09 bits per heavy atom. The van der Waals surface area contributed by atoms with Gasteiger partial charge in [-0.15, -0.1) is 0 Å². The Kier molecular flexibility index (Phi) is 5.87. The van der Waals surface area contributed by atoms with Gasteiger partial charge in [0.25, 0.3) is 0 Å². The summed E-state index contributed by atoms with van der Waals surface area (Å²) in [5.41, 5.74) is 10.3. The van der Waals surface area contributed by atoms with E-state index in [4.69, 9.17) is 5.73 Å². The van der Waals surface area contributed by atoms with E-state index in [0.717, 1.165) is 23.3 Å². The molecular weight excluding hydrogens is 268 g/mol. The highest BCUT2D eigenvalue weighted by molar-refractivity contribution is 5.62. The molecule has 2 nitrogen and oxygen atoms in total. The first-order valence-corrected chi connectivity index (χ1v) is 7.44. The fourth-order valence-electron chi connectivity index (χ4n) is 2.44. The van der Waals surface area contributed by atoms with E-state index in [1.807, 2.05) is 36.5 Å². The van der Waals surface area contributed by atoms with Gasteiger partial charge >= 0.3 is 0 Å². The van der Waals surface area contributed by atoms with Crippen molar-refractivity contribution in [3.8, 4) is 11.1 Å². The number of hydrogen-bond donors (Lipinski definition) is 1. The number of benzene rings is 1. The quantitative estimate of drug-likeness (QED) is 0.777. The lowest BCUT2D eigenvalue weighted by atomic mass is 9.93. The average Bonchev–Trinajstić information content (AvgIpc) is 2.59. The first kappa shape index (κ1) is 15.9. The Bertz CT molecular complexity index is 639. The van der Waals surface area contributed by atoms with Crippen LogP contribution in [0.3, 0.4) is 0 Å². The molecule has 0 amide bonds. The zero-order valence-electron chi connectivity index (χ0n) is 12.8. The smallest absolute Gasteiger partial charge is 0.0410 e. The number of hydrogen-bond acceptors (Lipinski definition) is 2. The minimum atomic E-state index is 0.213. The first-order valence-electron chi connectivity index (χ1n) is 7.44. The van der Waals surface area contributed by atoms with Crippen LogP contribution in [-0.2, 0) is 6.42 Å². The molecule has 0 aliphatic carbocycles. The number of allylic oxidation sites excluding steroid dienone is 3. The molecule has 0 fully saturated rings. The lowest BCUT2D eigenvalue weighted by Gasteiger charge is -2.15. The van der Waals surface area contributed by atoms with Gasteiger partial charge in [-0.25, -0.2) is 0 Å². The van der Waals surface area contributed by atoms with Gasteiger partial charge in [-0.05, 0) is 30.2 Å². The van der Waals surface area contributed by atoms with Crippen molar-refractivity contribution < 1.29 is 0 Å². The van der Waals surface area contributed by atoms with E-state index in [1.54, 1.807) is 6.08 Å². The van der Waals surface area contributed by atoms with E-state index >= 15 is 0 Å². The molecule has 2 rings (SSSR count). The van der Waals surface area contributed by atoms with Gasteiger partial charge in [0, 0.05) is 23.4 Å². The Morgan fingerprint density at radius 2 is 1.86 bits per heavy atom. The van der Waals surface area contributed by atoms with Crippen molar-refractivity contribution >= 4 is 0 Å². The summed E-state index contributed by atoms with van der Waals surface area (Å²) in [5, 5.41) is 0. The van der Waals surface area contributed by atoms with Crippen molar-refractivity contribution in [2.45, 2.75) is 6.42 Å². The maximum absolute atomic E-state index is 5.90. The minimum Gasteiger partial charge on any atom is -0.330 e. The summed E-state index contributed by atoms with van der Waals surface area (Å²) in [6.07, 6.45) is 8.30. The van der Waals surface area contributed by atoms with Gasteiger partial charge in [-0.3, -0.25) is 4.98 Å². The number of nitrogens with zero attached hydrogens (tertiary/aromatic N) is 1. The van der Waals surface area contributed by atoms with Crippen LogP contribution in [0.5, 0.6) is 0 Å². The van der Waals surface area contributed by atoms with E-state index in [9.17, 15) is 0 Å². The van der Waals surface area contributed by atoms with Crippen molar-refractivity contribution in [2.24, 2.45) is 11.7 Å². The van der Waals surface area contributed by atoms with Gasteiger partial charge in [0.1, 0.15) is 0 Å². The summed E-state index contributed by atoms with van der Waals surface area (Å²) in [6.45, 7) is 8.15. The lowest BCUT2D eigenvalue weighted by Crippen LogP contribution is -2.19. The molecule has 1 aromatic heterocycles. The summed E-state index contributed by atoms with van der Waals surface area (Å²) < 4.78 is 0. The van der Waals surface area contributed by atoms with Crippen LogP contribution >= 0.6 is 0 Å². The third-order valence-corrected chi connectivity index (χ3v) is 3.69. The molecule has 1 unspecified atom stereocenters. The molecule has 0 spiro atoms. The van der Waals surface area contributed by atoms with Crippen LogP contribution < -0.4 is 5.73 Å².